The van der Waals surface area contributed by atoms with Crippen LogP contribution in [-0.2, 0) is 5.41 Å². The molecule has 0 N–H and O–H groups in total. The monoisotopic (exact) mass is 1080 g/mol. The Morgan fingerprint density at radius 2 is 0.694 bits per heavy atom. The maximum absolute atomic E-state index is 6.85. The lowest BCUT2D eigenvalue weighted by molar-refractivity contribution is 0.620. The van der Waals surface area contributed by atoms with Gasteiger partial charge in [-0.1, -0.05) is 184 Å². The fourth-order valence-electron chi connectivity index (χ4n) is 14.6. The Kier molecular flexibility index (Phi) is 10.1. The van der Waals surface area contributed by atoms with E-state index in [1.54, 1.807) is 0 Å². The van der Waals surface area contributed by atoms with Crippen LogP contribution in [0.1, 0.15) is 25.0 Å². The van der Waals surface area contributed by atoms with Crippen LogP contribution in [0.3, 0.4) is 0 Å². The van der Waals surface area contributed by atoms with Crippen LogP contribution >= 0.6 is 0 Å². The van der Waals surface area contributed by atoms with Gasteiger partial charge in [-0.2, -0.15) is 0 Å². The van der Waals surface area contributed by atoms with Crippen molar-refractivity contribution in [2.75, 3.05) is 0 Å². The minimum absolute atomic E-state index is 0.177. The second kappa shape index (κ2) is 18.0. The molecule has 0 bridgehead atoms. The van der Waals surface area contributed by atoms with E-state index in [1.165, 1.54) is 93.4 Å². The second-order valence-electron chi connectivity index (χ2n) is 23.6. The lowest BCUT2D eigenvalue weighted by Crippen LogP contribution is -2.15. The SMILES string of the molecule is CC1(C)c2ccccc2-c2ccc3c(oc4ccc(-c5ccc6c(c5)c5cc(-c7ccc8c(c7)c7cc9c(cc7n8-c7cc(-c8ccccc8)cc(-c8ccccc8)c7)c7ccccc7n9-c7ccccc7)ccc5n6-c5ccccc5)cc43)c21. The summed E-state index contributed by atoms with van der Waals surface area (Å²) in [6.07, 6.45) is 0. The van der Waals surface area contributed by atoms with Crippen LogP contribution in [0.2, 0.25) is 0 Å². The van der Waals surface area contributed by atoms with E-state index in [4.69, 9.17) is 4.42 Å². The first-order valence-corrected chi connectivity index (χ1v) is 29.5. The summed E-state index contributed by atoms with van der Waals surface area (Å²) >= 11 is 0. The zero-order valence-corrected chi connectivity index (χ0v) is 46.9. The molecule has 0 saturated carbocycles. The third kappa shape index (κ3) is 7.09. The molecule has 4 heteroatoms. The molecule has 0 fully saturated rings. The van der Waals surface area contributed by atoms with Gasteiger partial charge < -0.3 is 18.1 Å². The van der Waals surface area contributed by atoms with Crippen LogP contribution in [0.15, 0.2) is 290 Å². The molecule has 85 heavy (non-hydrogen) atoms. The Morgan fingerprint density at radius 1 is 0.259 bits per heavy atom. The number of fused-ring (bicyclic) bond motifs is 16. The van der Waals surface area contributed by atoms with E-state index in [0.29, 0.717) is 0 Å². The number of aromatic nitrogens is 3. The minimum atomic E-state index is -0.177. The van der Waals surface area contributed by atoms with Crippen LogP contribution in [-0.4, -0.2) is 13.7 Å². The van der Waals surface area contributed by atoms with E-state index in [0.717, 1.165) is 77.8 Å². The molecule has 0 radical (unpaired) electrons. The molecule has 398 valence electrons. The van der Waals surface area contributed by atoms with Gasteiger partial charge >= 0.3 is 0 Å². The number of hydrogen-bond donors (Lipinski definition) is 0. The largest absolute Gasteiger partial charge is 0.456 e. The number of para-hydroxylation sites is 3. The normalized spacial score (nSPS) is 12.9. The predicted octanol–water partition coefficient (Wildman–Crippen LogP) is 21.9. The number of hydrogen-bond acceptors (Lipinski definition) is 1. The Bertz CT molecular complexity index is 5540. The highest BCUT2D eigenvalue weighted by Gasteiger charge is 2.38. The summed E-state index contributed by atoms with van der Waals surface area (Å²) in [7, 11) is 0. The Hall–Kier alpha value is -10.9. The molecule has 17 aromatic rings. The molecule has 0 saturated heterocycles. The molecule has 13 aromatic carbocycles. The van der Waals surface area contributed by atoms with Crippen LogP contribution < -0.4 is 0 Å². The molecule has 4 aromatic heterocycles. The number of benzene rings is 13. The first-order chi connectivity index (χ1) is 41.9. The maximum Gasteiger partial charge on any atom is 0.140 e. The van der Waals surface area contributed by atoms with E-state index >= 15 is 0 Å². The zero-order chi connectivity index (χ0) is 56.1. The summed E-state index contributed by atoms with van der Waals surface area (Å²) in [5, 5.41) is 9.53. The summed E-state index contributed by atoms with van der Waals surface area (Å²) in [4.78, 5) is 0. The molecule has 0 aliphatic heterocycles. The van der Waals surface area contributed by atoms with Crippen molar-refractivity contribution in [2.45, 2.75) is 19.3 Å². The van der Waals surface area contributed by atoms with Crippen molar-refractivity contribution in [3.8, 4) is 72.7 Å². The fourth-order valence-corrected chi connectivity index (χ4v) is 14.6. The average molecular weight is 1080 g/mol. The van der Waals surface area contributed by atoms with Crippen molar-refractivity contribution in [1.82, 2.24) is 13.7 Å². The summed E-state index contributed by atoms with van der Waals surface area (Å²) in [5.41, 5.74) is 26.6. The number of rotatable bonds is 7. The third-order valence-electron chi connectivity index (χ3n) is 18.6. The first-order valence-electron chi connectivity index (χ1n) is 29.5. The van der Waals surface area contributed by atoms with Gasteiger partial charge in [-0.15, -0.1) is 0 Å². The van der Waals surface area contributed by atoms with Crippen molar-refractivity contribution in [3.63, 3.8) is 0 Å². The highest BCUT2D eigenvalue weighted by Crippen LogP contribution is 2.53. The molecule has 0 atom stereocenters. The molecule has 0 unspecified atom stereocenters. The molecule has 4 heterocycles. The van der Waals surface area contributed by atoms with Crippen molar-refractivity contribution >= 4 is 87.4 Å². The number of nitrogens with zero attached hydrogens (tertiary/aromatic N) is 3. The quantitative estimate of drug-likeness (QED) is 0.156. The van der Waals surface area contributed by atoms with Gasteiger partial charge in [0.2, 0.25) is 0 Å². The van der Waals surface area contributed by atoms with Crippen molar-refractivity contribution in [3.05, 3.63) is 296 Å². The second-order valence-corrected chi connectivity index (χ2v) is 23.6. The van der Waals surface area contributed by atoms with Gasteiger partial charge in [-0.05, 0) is 176 Å². The van der Waals surface area contributed by atoms with Gasteiger partial charge in [-0.3, -0.25) is 0 Å². The van der Waals surface area contributed by atoms with Gasteiger partial charge in [0, 0.05) is 71.1 Å². The third-order valence-corrected chi connectivity index (χ3v) is 18.6. The smallest absolute Gasteiger partial charge is 0.140 e. The van der Waals surface area contributed by atoms with Crippen molar-refractivity contribution in [1.29, 1.82) is 0 Å². The van der Waals surface area contributed by atoms with E-state index in [9.17, 15) is 0 Å². The van der Waals surface area contributed by atoms with Crippen molar-refractivity contribution in [2.24, 2.45) is 0 Å². The Balaban J connectivity index is 0.845. The van der Waals surface area contributed by atoms with E-state index in [-0.39, 0.29) is 5.41 Å². The topological polar surface area (TPSA) is 27.9 Å². The van der Waals surface area contributed by atoms with E-state index in [1.807, 2.05) is 0 Å². The average Bonchev–Trinajstić information content (AvgIpc) is 2.10. The molecule has 4 nitrogen and oxygen atoms in total. The predicted molar refractivity (Wildman–Crippen MR) is 356 cm³/mol. The zero-order valence-electron chi connectivity index (χ0n) is 46.9. The molecule has 1 aliphatic carbocycles. The van der Waals surface area contributed by atoms with Crippen molar-refractivity contribution < 1.29 is 4.42 Å². The maximum atomic E-state index is 6.85. The summed E-state index contributed by atoms with van der Waals surface area (Å²) in [5.74, 6) is 0. The standard InChI is InChI=1S/C81H53N3O/c1-81(2)71-29-17-15-27-61(71)63-35-36-64-70-47-55(34-40-78(70)85-80(64)79(63)81)54-32-38-74-66(45-54)65-44-52(31-37-73(65)82(74)58-23-11-5-12-24-58)53-33-39-75-67(46-53)69-49-76-68(62-28-16-18-30-72(62)83(76)59-25-13-6-14-26-59)48-77(69)84(75)60-42-56(50-19-7-3-8-20-50)41-57(43-60)51-21-9-4-10-22-51/h3-49H,1-2H3. The Morgan fingerprint density at radius 3 is 1.27 bits per heavy atom. The van der Waals surface area contributed by atoms with Crippen LogP contribution in [0, 0.1) is 0 Å². The van der Waals surface area contributed by atoms with E-state index in [2.05, 4.69) is 313 Å². The summed E-state index contributed by atoms with van der Waals surface area (Å²) in [6, 6.07) is 105. The van der Waals surface area contributed by atoms with Gasteiger partial charge in [0.05, 0.1) is 33.1 Å². The highest BCUT2D eigenvalue weighted by atomic mass is 16.3. The fraction of sp³-hybridized carbons (Fsp3) is 0.0370. The van der Waals surface area contributed by atoms with Gasteiger partial charge in [-0.25, -0.2) is 0 Å². The summed E-state index contributed by atoms with van der Waals surface area (Å²) < 4.78 is 14.2. The minimum Gasteiger partial charge on any atom is -0.456 e. The highest BCUT2D eigenvalue weighted by molar-refractivity contribution is 6.20. The lowest BCUT2D eigenvalue weighted by atomic mass is 9.82. The molecular weight excluding hydrogens is 1030 g/mol. The molecule has 0 spiro atoms. The molecule has 18 rings (SSSR count). The van der Waals surface area contributed by atoms with Crippen LogP contribution in [0.5, 0.6) is 0 Å². The first kappa shape index (κ1) is 47.7. The molecular formula is C81H53N3O. The van der Waals surface area contributed by atoms with Crippen LogP contribution in [0.25, 0.3) is 160 Å². The van der Waals surface area contributed by atoms with E-state index < -0.39 is 0 Å². The molecule has 0 amide bonds. The van der Waals surface area contributed by atoms with Gasteiger partial charge in [0.15, 0.2) is 0 Å². The van der Waals surface area contributed by atoms with Gasteiger partial charge in [0.25, 0.3) is 0 Å². The van der Waals surface area contributed by atoms with Gasteiger partial charge in [0.1, 0.15) is 11.2 Å². The molecule has 1 aliphatic rings. The Labute approximate surface area is 490 Å². The summed E-state index contributed by atoms with van der Waals surface area (Å²) in [6.45, 7) is 4.66. The lowest BCUT2D eigenvalue weighted by Gasteiger charge is -2.21. The van der Waals surface area contributed by atoms with Crippen LogP contribution in [0.4, 0.5) is 0 Å². The number of furan rings is 1.